The molecule has 0 unspecified atom stereocenters. The van der Waals surface area contributed by atoms with Crippen LogP contribution < -0.4 is 0 Å². The van der Waals surface area contributed by atoms with Crippen LogP contribution in [-0.4, -0.2) is 0 Å². The van der Waals surface area contributed by atoms with E-state index in [1.807, 2.05) is 0 Å². The molecule has 0 heteroatoms. The standard InChI is InChI=1S/C30H50.C24H38/c1-25(2)15-11-19-29(7)23-13-21-27(5)17-9-10-18-28(6)22-14-24-30(8)20-12-16-26(3)4;1-3-5-7-9-11-13-15-17-19-21-23-24-22-20-18-16-14-12-10-8-6-4-2/h15-18,23-24H,9-14,19-22H2,1-8H3;3,5-6,8,10,12,14,16,18,20,22,24H,4,7,9,11,13,15,17,19,21,23H2,1-2H3/b27-17+,28-18+,29-23-,30-24+;5-3+,8-6+,12-10+,16-14+,20-18+,24-22+. The fraction of sp³-hybridized carbons (Fsp3) is 0.556. The van der Waals surface area contributed by atoms with Gasteiger partial charge in [-0.2, -0.15) is 0 Å². The van der Waals surface area contributed by atoms with Crippen LogP contribution in [0.5, 0.6) is 0 Å². The summed E-state index contributed by atoms with van der Waals surface area (Å²) < 4.78 is 0. The molecule has 0 aliphatic rings. The zero-order valence-corrected chi connectivity index (χ0v) is 37.5. The molecule has 0 amide bonds. The molecule has 0 aromatic rings. The van der Waals surface area contributed by atoms with E-state index in [1.165, 1.54) is 155 Å². The Hall–Kier alpha value is -3.12. The van der Waals surface area contributed by atoms with Gasteiger partial charge in [-0.1, -0.05) is 182 Å². The minimum Gasteiger partial charge on any atom is -0.0917 e. The van der Waals surface area contributed by atoms with Gasteiger partial charge >= 0.3 is 0 Å². The maximum atomic E-state index is 2.43. The molecule has 0 bridgehead atoms. The van der Waals surface area contributed by atoms with Crippen molar-refractivity contribution in [2.24, 2.45) is 0 Å². The van der Waals surface area contributed by atoms with Crippen LogP contribution in [0, 0.1) is 0 Å². The summed E-state index contributed by atoms with van der Waals surface area (Å²) in [4.78, 5) is 0. The zero-order valence-electron chi connectivity index (χ0n) is 37.5. The Morgan fingerprint density at radius 3 is 1.00 bits per heavy atom. The smallest absolute Gasteiger partial charge is 0.0288 e. The van der Waals surface area contributed by atoms with Crippen LogP contribution in [0.15, 0.2) is 143 Å². The fourth-order valence-electron chi connectivity index (χ4n) is 5.69. The van der Waals surface area contributed by atoms with Crippen molar-refractivity contribution < 1.29 is 0 Å². The van der Waals surface area contributed by atoms with E-state index in [1.54, 1.807) is 0 Å². The number of unbranched alkanes of at least 4 members (excludes halogenated alkanes) is 9. The third kappa shape index (κ3) is 46.9. The topological polar surface area (TPSA) is 0 Å². The van der Waals surface area contributed by atoms with Crippen LogP contribution in [-0.2, 0) is 0 Å². The van der Waals surface area contributed by atoms with Crippen LogP contribution in [0.25, 0.3) is 0 Å². The highest BCUT2D eigenvalue weighted by Gasteiger charge is 1.95. The average Bonchev–Trinajstić information content (AvgIpc) is 3.12. The monoisotopic (exact) mass is 737 g/mol. The summed E-state index contributed by atoms with van der Waals surface area (Å²) >= 11 is 0. The minimum absolute atomic E-state index is 1.09. The van der Waals surface area contributed by atoms with E-state index in [-0.39, 0.29) is 0 Å². The van der Waals surface area contributed by atoms with Gasteiger partial charge in [0.2, 0.25) is 0 Å². The van der Waals surface area contributed by atoms with Crippen molar-refractivity contribution in [1.82, 2.24) is 0 Å². The van der Waals surface area contributed by atoms with Gasteiger partial charge in [0.05, 0.1) is 0 Å². The maximum absolute atomic E-state index is 2.43. The highest BCUT2D eigenvalue weighted by molar-refractivity contribution is 5.18. The van der Waals surface area contributed by atoms with E-state index in [4.69, 9.17) is 0 Å². The molecule has 0 aromatic heterocycles. The van der Waals surface area contributed by atoms with E-state index < -0.39 is 0 Å². The number of hydrogen-bond acceptors (Lipinski definition) is 0. The van der Waals surface area contributed by atoms with Crippen LogP contribution in [0.3, 0.4) is 0 Å². The van der Waals surface area contributed by atoms with Crippen molar-refractivity contribution in [1.29, 1.82) is 0 Å². The van der Waals surface area contributed by atoms with Crippen LogP contribution in [0.2, 0.25) is 0 Å². The molecule has 0 heterocycles. The predicted molar refractivity (Wildman–Crippen MR) is 252 cm³/mol. The normalized spacial score (nSPS) is 13.4. The van der Waals surface area contributed by atoms with E-state index in [0.29, 0.717) is 0 Å². The van der Waals surface area contributed by atoms with Crippen molar-refractivity contribution in [2.45, 2.75) is 198 Å². The lowest BCUT2D eigenvalue weighted by molar-refractivity contribution is 0.583. The quantitative estimate of drug-likeness (QED) is 0.0391. The second-order valence-corrected chi connectivity index (χ2v) is 15.5. The van der Waals surface area contributed by atoms with Gasteiger partial charge in [0.15, 0.2) is 0 Å². The Kier molecular flexibility index (Phi) is 41.8. The van der Waals surface area contributed by atoms with Crippen molar-refractivity contribution in [3.05, 3.63) is 143 Å². The highest BCUT2D eigenvalue weighted by atomic mass is 14.0. The van der Waals surface area contributed by atoms with E-state index >= 15 is 0 Å². The molecule has 0 aliphatic carbocycles. The summed E-state index contributed by atoms with van der Waals surface area (Å²) in [6.45, 7) is 22.1. The summed E-state index contributed by atoms with van der Waals surface area (Å²) in [6.07, 6.45) is 65.0. The molecule has 0 radical (unpaired) electrons. The third-order valence-corrected chi connectivity index (χ3v) is 9.16. The number of rotatable bonds is 30. The van der Waals surface area contributed by atoms with Crippen molar-refractivity contribution in [2.75, 3.05) is 0 Å². The minimum atomic E-state index is 1.09. The Morgan fingerprint density at radius 2 is 0.630 bits per heavy atom. The molecule has 0 saturated carbocycles. The lowest BCUT2D eigenvalue weighted by Crippen LogP contribution is -1.82. The first kappa shape index (κ1) is 53.0. The highest BCUT2D eigenvalue weighted by Crippen LogP contribution is 2.15. The number of hydrogen-bond donors (Lipinski definition) is 0. The predicted octanol–water partition coefficient (Wildman–Crippen LogP) is 18.9. The van der Waals surface area contributed by atoms with Crippen LogP contribution in [0.1, 0.15) is 198 Å². The van der Waals surface area contributed by atoms with E-state index in [2.05, 4.69) is 179 Å². The van der Waals surface area contributed by atoms with Gasteiger partial charge in [0, 0.05) is 0 Å². The van der Waals surface area contributed by atoms with Gasteiger partial charge in [0.25, 0.3) is 0 Å². The first-order chi connectivity index (χ1) is 26.1. The second kappa shape index (κ2) is 42.6. The molecule has 0 aliphatic heterocycles. The summed E-state index contributed by atoms with van der Waals surface area (Å²) in [5.74, 6) is 0. The Bertz CT molecular complexity index is 1170. The summed E-state index contributed by atoms with van der Waals surface area (Å²) in [6, 6.07) is 0. The van der Waals surface area contributed by atoms with Crippen LogP contribution in [0.4, 0.5) is 0 Å². The van der Waals surface area contributed by atoms with Gasteiger partial charge in [-0.15, -0.1) is 0 Å². The summed E-state index contributed by atoms with van der Waals surface area (Å²) in [5.41, 5.74) is 8.97. The third-order valence-electron chi connectivity index (χ3n) is 9.16. The van der Waals surface area contributed by atoms with Gasteiger partial charge in [0.1, 0.15) is 0 Å². The molecule has 54 heavy (non-hydrogen) atoms. The SMILES string of the molecule is C/C=C/CCCCCCCCC/C=C/C=C/C=C/C=C/C=C/CC.CC(C)=CCC/C(C)=C\CC/C(C)=C/CC/C=C(\C)CC/C=C(\C)CCC=C(C)C. The lowest BCUT2D eigenvalue weighted by atomic mass is 10.0. The van der Waals surface area contributed by atoms with Gasteiger partial charge in [-0.05, 0) is 159 Å². The van der Waals surface area contributed by atoms with Crippen LogP contribution >= 0.6 is 0 Å². The molecule has 304 valence electrons. The lowest BCUT2D eigenvalue weighted by Gasteiger charge is -2.02. The van der Waals surface area contributed by atoms with Gasteiger partial charge in [-0.25, -0.2) is 0 Å². The molecule has 0 saturated heterocycles. The molecule has 0 N–H and O–H groups in total. The Balaban J connectivity index is 0. The van der Waals surface area contributed by atoms with E-state index in [9.17, 15) is 0 Å². The van der Waals surface area contributed by atoms with Gasteiger partial charge < -0.3 is 0 Å². The van der Waals surface area contributed by atoms with Crippen molar-refractivity contribution >= 4 is 0 Å². The first-order valence-electron chi connectivity index (χ1n) is 21.9. The molecule has 0 atom stereocenters. The Morgan fingerprint density at radius 1 is 0.315 bits per heavy atom. The molecular weight excluding hydrogens is 649 g/mol. The van der Waals surface area contributed by atoms with Crippen molar-refractivity contribution in [3.63, 3.8) is 0 Å². The largest absolute Gasteiger partial charge is 0.0917 e. The first-order valence-corrected chi connectivity index (χ1v) is 21.9. The second-order valence-electron chi connectivity index (χ2n) is 15.5. The molecule has 0 rings (SSSR count). The molecular formula is C54H88. The van der Waals surface area contributed by atoms with Crippen molar-refractivity contribution in [3.8, 4) is 0 Å². The molecule has 0 spiro atoms. The fourth-order valence-corrected chi connectivity index (χ4v) is 5.69. The van der Waals surface area contributed by atoms with Gasteiger partial charge in [-0.3, -0.25) is 0 Å². The van der Waals surface area contributed by atoms with E-state index in [0.717, 1.165) is 6.42 Å². The molecule has 0 nitrogen and oxygen atoms in total. The maximum Gasteiger partial charge on any atom is -0.0288 e. The number of allylic oxidation sites excluding steroid dienone is 24. The Labute approximate surface area is 339 Å². The summed E-state index contributed by atoms with van der Waals surface area (Å²) in [5, 5.41) is 0. The zero-order chi connectivity index (χ0) is 40.3. The summed E-state index contributed by atoms with van der Waals surface area (Å²) in [7, 11) is 0. The molecule has 0 aromatic carbocycles. The average molecular weight is 737 g/mol. The molecule has 0 fully saturated rings.